The minimum absolute atomic E-state index is 0. The van der Waals surface area contributed by atoms with Gasteiger partial charge in [0.1, 0.15) is 17.6 Å². The van der Waals surface area contributed by atoms with Gasteiger partial charge >= 0.3 is 0 Å². The normalized spacial score (nSPS) is 10.5. The molecule has 3 nitrogen and oxygen atoms in total. The lowest BCUT2D eigenvalue weighted by Gasteiger charge is -2.04. The van der Waals surface area contributed by atoms with Crippen LogP contribution in [0.1, 0.15) is 0 Å². The molecule has 2 heterocycles. The van der Waals surface area contributed by atoms with Gasteiger partial charge in [-0.1, -0.05) is 22.0 Å². The molecule has 5 heteroatoms. The van der Waals surface area contributed by atoms with E-state index < -0.39 is 0 Å². The zero-order valence-electron chi connectivity index (χ0n) is 13.6. The van der Waals surface area contributed by atoms with Crippen molar-refractivity contribution in [2.24, 2.45) is 0 Å². The Morgan fingerprint density at radius 3 is 2.32 bits per heavy atom. The second kappa shape index (κ2) is 7.42. The highest BCUT2D eigenvalue weighted by Gasteiger charge is 2.20. The highest BCUT2D eigenvalue weighted by atomic mass is 79.9. The number of nitrogens with zero attached hydrogens (tertiary/aromatic N) is 2. The number of halogens is 2. The summed E-state index contributed by atoms with van der Waals surface area (Å²) >= 11 is 3.51. The van der Waals surface area contributed by atoms with Crippen molar-refractivity contribution >= 4 is 38.6 Å². The quantitative estimate of drug-likeness (QED) is 0.383. The first-order valence-corrected chi connectivity index (χ1v) is 8.48. The Hall–Kier alpha value is -2.11. The number of ether oxygens (including phenoxy) is 1. The van der Waals surface area contributed by atoms with Crippen LogP contribution in [0.3, 0.4) is 0 Å². The molecule has 126 valence electrons. The van der Waals surface area contributed by atoms with Gasteiger partial charge in [0.15, 0.2) is 5.69 Å². The molecule has 4 rings (SSSR count). The van der Waals surface area contributed by atoms with Crippen LogP contribution in [0.25, 0.3) is 22.6 Å². The van der Waals surface area contributed by atoms with E-state index >= 15 is 0 Å². The van der Waals surface area contributed by atoms with Crippen LogP contribution in [-0.4, -0.2) is 11.7 Å². The average Bonchev–Trinajstić information content (AvgIpc) is 3.02. The van der Waals surface area contributed by atoms with E-state index in [4.69, 9.17) is 4.74 Å². The molecule has 0 fully saturated rings. The monoisotopic (exact) mass is 459 g/mol. The zero-order valence-corrected chi connectivity index (χ0v) is 16.9. The maximum absolute atomic E-state index is 5.28. The predicted octanol–water partition coefficient (Wildman–Crippen LogP) is 5.23. The minimum atomic E-state index is 0. The summed E-state index contributed by atoms with van der Waals surface area (Å²) in [4.78, 5) is 0. The van der Waals surface area contributed by atoms with Gasteiger partial charge in [-0.3, -0.25) is 0 Å². The maximum Gasteiger partial charge on any atom is 0.291 e. The summed E-state index contributed by atoms with van der Waals surface area (Å²) in [5.41, 5.74) is 4.51. The molecule has 0 amide bonds. The third kappa shape index (κ3) is 3.34. The van der Waals surface area contributed by atoms with Gasteiger partial charge in [0, 0.05) is 16.1 Å². The number of hydrogen-bond acceptors (Lipinski definition) is 1. The summed E-state index contributed by atoms with van der Waals surface area (Å²) in [6.07, 6.45) is 4.22. The maximum atomic E-state index is 5.28. The van der Waals surface area contributed by atoms with Gasteiger partial charge in [-0.2, -0.15) is 4.57 Å². The number of pyridine rings is 1. The molecule has 0 spiro atoms. The van der Waals surface area contributed by atoms with Gasteiger partial charge in [-0.25, -0.2) is 4.40 Å². The molecule has 0 aliphatic carbocycles. The number of hydrogen-bond donors (Lipinski definition) is 0. The molecule has 4 aromatic rings. The minimum Gasteiger partial charge on any atom is -0.497 e. The van der Waals surface area contributed by atoms with E-state index in [9.17, 15) is 0 Å². The fourth-order valence-electron chi connectivity index (χ4n) is 2.89. The first kappa shape index (κ1) is 17.7. The van der Waals surface area contributed by atoms with Crippen LogP contribution in [0, 0.1) is 0 Å². The summed E-state index contributed by atoms with van der Waals surface area (Å²) in [5.74, 6) is 0.855. The first-order chi connectivity index (χ1) is 11.8. The smallest absolute Gasteiger partial charge is 0.291 e. The fourth-order valence-corrected chi connectivity index (χ4v) is 3.15. The summed E-state index contributed by atoms with van der Waals surface area (Å²) < 4.78 is 10.8. The topological polar surface area (TPSA) is 18.3 Å². The van der Waals surface area contributed by atoms with Gasteiger partial charge in [0.2, 0.25) is 0 Å². The SMILES string of the molecule is Br.COc1ccc(-n2c(-c3ccc(Br)cc3)c[n+]3ccccc23)cc1. The number of fused-ring (bicyclic) bond motifs is 1. The van der Waals surface area contributed by atoms with Gasteiger partial charge in [0.25, 0.3) is 5.65 Å². The average molecular weight is 461 g/mol. The van der Waals surface area contributed by atoms with E-state index in [1.54, 1.807) is 7.11 Å². The van der Waals surface area contributed by atoms with E-state index in [1.807, 2.05) is 18.2 Å². The van der Waals surface area contributed by atoms with Crippen molar-refractivity contribution in [3.63, 3.8) is 0 Å². The molecule has 0 atom stereocenters. The molecule has 0 radical (unpaired) electrons. The van der Waals surface area contributed by atoms with Crippen molar-refractivity contribution in [2.45, 2.75) is 0 Å². The molecule has 2 aromatic carbocycles. The van der Waals surface area contributed by atoms with Crippen LogP contribution in [0.5, 0.6) is 5.75 Å². The Morgan fingerprint density at radius 2 is 1.64 bits per heavy atom. The molecule has 0 aliphatic rings. The third-order valence-electron chi connectivity index (χ3n) is 4.07. The van der Waals surface area contributed by atoms with Crippen LogP contribution < -0.4 is 9.14 Å². The van der Waals surface area contributed by atoms with Crippen molar-refractivity contribution < 1.29 is 9.14 Å². The molecule has 0 N–H and O–H groups in total. The number of aromatic nitrogens is 2. The molecular formula is C20H17Br2N2O+. The second-order valence-electron chi connectivity index (χ2n) is 5.52. The molecule has 0 saturated heterocycles. The van der Waals surface area contributed by atoms with Gasteiger partial charge in [0.05, 0.1) is 13.3 Å². The van der Waals surface area contributed by atoms with Crippen LogP contribution in [-0.2, 0) is 0 Å². The Bertz CT molecular complexity index is 993. The summed E-state index contributed by atoms with van der Waals surface area (Å²) in [7, 11) is 1.68. The molecule has 0 saturated carbocycles. The van der Waals surface area contributed by atoms with E-state index in [0.29, 0.717) is 0 Å². The van der Waals surface area contributed by atoms with Crippen LogP contribution in [0.4, 0.5) is 0 Å². The summed E-state index contributed by atoms with van der Waals surface area (Å²) in [6, 6.07) is 22.7. The summed E-state index contributed by atoms with van der Waals surface area (Å²) in [5, 5.41) is 0. The number of methoxy groups -OCH3 is 1. The van der Waals surface area contributed by atoms with E-state index in [1.165, 1.54) is 0 Å². The molecule has 0 bridgehead atoms. The lowest BCUT2D eigenvalue weighted by molar-refractivity contribution is -0.510. The first-order valence-electron chi connectivity index (χ1n) is 7.68. The Labute approximate surface area is 165 Å². The molecule has 0 aliphatic heterocycles. The Kier molecular flexibility index (Phi) is 5.25. The lowest BCUT2D eigenvalue weighted by Crippen LogP contribution is -2.17. The van der Waals surface area contributed by atoms with Crippen LogP contribution in [0.2, 0.25) is 0 Å². The molecule has 0 unspecified atom stereocenters. The summed E-state index contributed by atoms with van der Waals surface area (Å²) in [6.45, 7) is 0. The van der Waals surface area contributed by atoms with Gasteiger partial charge in [-0.05, 0) is 54.6 Å². The fraction of sp³-hybridized carbons (Fsp3) is 0.0500. The highest BCUT2D eigenvalue weighted by molar-refractivity contribution is 9.10. The molecule has 25 heavy (non-hydrogen) atoms. The van der Waals surface area contributed by atoms with Crippen LogP contribution >= 0.6 is 32.9 Å². The zero-order chi connectivity index (χ0) is 16.5. The van der Waals surface area contributed by atoms with E-state index in [0.717, 1.165) is 32.8 Å². The van der Waals surface area contributed by atoms with E-state index in [2.05, 4.69) is 85.8 Å². The largest absolute Gasteiger partial charge is 0.497 e. The standard InChI is InChI=1S/C20H16BrN2O.BrH/c1-24-18-11-9-17(10-12-18)23-19(15-5-7-16(21)8-6-15)14-22-13-3-2-4-20(22)23;/h2-14H,1H3;1H/q+1;. The van der Waals surface area contributed by atoms with Crippen molar-refractivity contribution in [3.8, 4) is 22.7 Å². The van der Waals surface area contributed by atoms with Crippen molar-refractivity contribution in [1.29, 1.82) is 0 Å². The Balaban J connectivity index is 0.00000182. The number of rotatable bonds is 3. The van der Waals surface area contributed by atoms with Crippen molar-refractivity contribution in [2.75, 3.05) is 7.11 Å². The van der Waals surface area contributed by atoms with Crippen molar-refractivity contribution in [1.82, 2.24) is 4.57 Å². The van der Waals surface area contributed by atoms with Crippen LogP contribution in [0.15, 0.2) is 83.6 Å². The molecule has 2 aromatic heterocycles. The molecular weight excluding hydrogens is 444 g/mol. The number of benzene rings is 2. The highest BCUT2D eigenvalue weighted by Crippen LogP contribution is 2.27. The van der Waals surface area contributed by atoms with Gasteiger partial charge in [-0.15, -0.1) is 17.0 Å². The predicted molar refractivity (Wildman–Crippen MR) is 109 cm³/mol. The number of imidazole rings is 1. The van der Waals surface area contributed by atoms with E-state index in [-0.39, 0.29) is 17.0 Å². The van der Waals surface area contributed by atoms with Gasteiger partial charge < -0.3 is 4.74 Å². The van der Waals surface area contributed by atoms with Crippen molar-refractivity contribution in [3.05, 3.63) is 83.6 Å². The lowest BCUT2D eigenvalue weighted by atomic mass is 10.1. The Morgan fingerprint density at radius 1 is 0.920 bits per heavy atom. The third-order valence-corrected chi connectivity index (χ3v) is 4.60. The second-order valence-corrected chi connectivity index (χ2v) is 6.44.